The first-order chi connectivity index (χ1) is 28.0. The molecule has 4 fully saturated rings. The summed E-state index contributed by atoms with van der Waals surface area (Å²) in [6, 6.07) is 16.5. The summed E-state index contributed by atoms with van der Waals surface area (Å²) in [4.78, 5) is 4.59. The summed E-state index contributed by atoms with van der Waals surface area (Å²) in [5.74, 6) is 0. The van der Waals surface area contributed by atoms with Crippen molar-refractivity contribution in [3.05, 3.63) is 48.5 Å². The highest BCUT2D eigenvalue weighted by Gasteiger charge is 2.42. The van der Waals surface area contributed by atoms with Crippen molar-refractivity contribution in [2.75, 3.05) is 79.3 Å². The molecule has 4 aliphatic heterocycles. The van der Waals surface area contributed by atoms with E-state index in [0.717, 1.165) is 51.5 Å². The predicted molar refractivity (Wildman–Crippen MR) is 234 cm³/mol. The van der Waals surface area contributed by atoms with Gasteiger partial charge in [0, 0.05) is 113 Å². The highest BCUT2D eigenvalue weighted by Crippen LogP contribution is 2.34. The van der Waals surface area contributed by atoms with Crippen molar-refractivity contribution in [1.29, 1.82) is 0 Å². The highest BCUT2D eigenvalue weighted by atomic mass is 32.1. The summed E-state index contributed by atoms with van der Waals surface area (Å²) in [7, 11) is -1.50. The SMILES string of the molecule is CC1(CO)COB(c2ccc(-c3ccc(B4OCC(C)(CO)CO4)s3)s2)OC1.CCC1(CO)COB(c2ccc(-c3ccc(B4OCC(CC)(CO)CO4)s3)s2)OC1. The predicted octanol–water partition coefficient (Wildman–Crippen LogP) is 2.70. The summed E-state index contributed by atoms with van der Waals surface area (Å²) in [5, 5.41) is 38.1. The quantitative estimate of drug-likeness (QED) is 0.155. The van der Waals surface area contributed by atoms with Gasteiger partial charge in [0.1, 0.15) is 0 Å². The number of hydrogen-bond acceptors (Lipinski definition) is 16. The molecule has 4 aliphatic rings. The fraction of sp³-hybridized carbons (Fsp3) is 0.579. The van der Waals surface area contributed by atoms with Crippen LogP contribution in [0.4, 0.5) is 0 Å². The molecule has 12 nitrogen and oxygen atoms in total. The van der Waals surface area contributed by atoms with E-state index in [0.29, 0.717) is 52.9 Å². The molecule has 20 heteroatoms. The summed E-state index contributed by atoms with van der Waals surface area (Å²) >= 11 is 6.61. The summed E-state index contributed by atoms with van der Waals surface area (Å²) in [5.41, 5.74) is -1.23. The van der Waals surface area contributed by atoms with Crippen molar-refractivity contribution in [3.8, 4) is 19.5 Å². The highest BCUT2D eigenvalue weighted by molar-refractivity contribution is 7.31. The van der Waals surface area contributed by atoms with Gasteiger partial charge in [0.25, 0.3) is 0 Å². The third-order valence-electron chi connectivity index (χ3n) is 11.4. The molecule has 0 unspecified atom stereocenters. The number of aliphatic hydroxyl groups excluding tert-OH is 4. The molecule has 312 valence electrons. The van der Waals surface area contributed by atoms with Gasteiger partial charge in [0.05, 0.1) is 26.4 Å². The van der Waals surface area contributed by atoms with Gasteiger partial charge in [-0.25, -0.2) is 0 Å². The first-order valence-electron chi connectivity index (χ1n) is 19.8. The van der Waals surface area contributed by atoms with Gasteiger partial charge >= 0.3 is 28.5 Å². The Morgan fingerprint density at radius 1 is 0.414 bits per heavy atom. The fourth-order valence-corrected chi connectivity index (χ4v) is 10.8. The maximum Gasteiger partial charge on any atom is 0.504 e. The number of aliphatic hydroxyl groups is 4. The maximum atomic E-state index is 9.63. The Hall–Kier alpha value is -1.42. The molecule has 0 aliphatic carbocycles. The fourth-order valence-electron chi connectivity index (χ4n) is 6.58. The molecule has 8 rings (SSSR count). The molecule has 0 saturated carbocycles. The lowest BCUT2D eigenvalue weighted by Crippen LogP contribution is -2.50. The van der Waals surface area contributed by atoms with Crippen LogP contribution in [0.2, 0.25) is 0 Å². The number of rotatable bonds is 12. The number of thiophene rings is 4. The first kappa shape index (κ1) is 44.6. The Morgan fingerprint density at radius 2 is 0.655 bits per heavy atom. The monoisotopic (exact) mass is 872 g/mol. The average molecular weight is 872 g/mol. The zero-order valence-electron chi connectivity index (χ0n) is 33.5. The molecule has 0 spiro atoms. The van der Waals surface area contributed by atoms with Crippen LogP contribution in [-0.2, 0) is 37.2 Å². The van der Waals surface area contributed by atoms with E-state index >= 15 is 0 Å². The van der Waals surface area contributed by atoms with Gasteiger partial charge in [-0.05, 0) is 37.1 Å². The largest absolute Gasteiger partial charge is 0.504 e. The van der Waals surface area contributed by atoms with E-state index in [1.165, 1.54) is 0 Å². The van der Waals surface area contributed by atoms with E-state index in [2.05, 4.69) is 24.3 Å². The molecule has 4 saturated heterocycles. The topological polar surface area (TPSA) is 155 Å². The van der Waals surface area contributed by atoms with Crippen LogP contribution in [0.25, 0.3) is 19.5 Å². The van der Waals surface area contributed by atoms with Gasteiger partial charge in [0.15, 0.2) is 0 Å². The summed E-state index contributed by atoms with van der Waals surface area (Å²) < 4.78 is 51.1. The Balaban J connectivity index is 0.000000177. The molecule has 0 radical (unpaired) electrons. The van der Waals surface area contributed by atoms with E-state index in [1.807, 2.05) is 52.0 Å². The second-order valence-corrected chi connectivity index (χ2v) is 21.0. The van der Waals surface area contributed by atoms with Gasteiger partial charge in [0.2, 0.25) is 0 Å². The normalized spacial score (nSPS) is 21.5. The summed E-state index contributed by atoms with van der Waals surface area (Å²) in [6.07, 6.45) is 1.65. The molecular formula is C38H52B4O12S4. The van der Waals surface area contributed by atoms with Crippen LogP contribution < -0.4 is 19.1 Å². The van der Waals surface area contributed by atoms with Crippen LogP contribution in [0.15, 0.2) is 48.5 Å². The van der Waals surface area contributed by atoms with Crippen molar-refractivity contribution in [1.82, 2.24) is 0 Å². The Kier molecular flexibility index (Phi) is 14.9. The van der Waals surface area contributed by atoms with Crippen molar-refractivity contribution in [2.24, 2.45) is 21.7 Å². The zero-order valence-corrected chi connectivity index (χ0v) is 36.8. The van der Waals surface area contributed by atoms with E-state index in [-0.39, 0.29) is 76.6 Å². The van der Waals surface area contributed by atoms with E-state index in [1.54, 1.807) is 45.3 Å². The van der Waals surface area contributed by atoms with Crippen LogP contribution in [-0.4, -0.2) is 128 Å². The average Bonchev–Trinajstić information content (AvgIpc) is 4.12. The van der Waals surface area contributed by atoms with Crippen molar-refractivity contribution < 1.29 is 57.7 Å². The molecule has 0 atom stereocenters. The second kappa shape index (κ2) is 19.3. The summed E-state index contributed by atoms with van der Waals surface area (Å²) in [6.45, 7) is 12.2. The third kappa shape index (κ3) is 10.1. The van der Waals surface area contributed by atoms with Crippen molar-refractivity contribution in [2.45, 2.75) is 40.5 Å². The first-order valence-corrected chi connectivity index (χ1v) is 23.0. The van der Waals surface area contributed by atoms with Crippen LogP contribution in [0.5, 0.6) is 0 Å². The Morgan fingerprint density at radius 3 is 0.862 bits per heavy atom. The van der Waals surface area contributed by atoms with Gasteiger partial charge in [-0.3, -0.25) is 0 Å². The third-order valence-corrected chi connectivity index (χ3v) is 16.2. The van der Waals surface area contributed by atoms with E-state index in [9.17, 15) is 20.4 Å². The van der Waals surface area contributed by atoms with Gasteiger partial charge in [-0.15, -0.1) is 45.3 Å². The lowest BCUT2D eigenvalue weighted by Gasteiger charge is -2.36. The van der Waals surface area contributed by atoms with Crippen LogP contribution >= 0.6 is 45.3 Å². The van der Waals surface area contributed by atoms with Crippen LogP contribution in [0, 0.1) is 21.7 Å². The molecule has 0 bridgehead atoms. The van der Waals surface area contributed by atoms with Crippen molar-refractivity contribution in [3.63, 3.8) is 0 Å². The van der Waals surface area contributed by atoms with Crippen molar-refractivity contribution >= 4 is 92.9 Å². The van der Waals surface area contributed by atoms with E-state index in [4.69, 9.17) is 37.2 Å². The maximum absolute atomic E-state index is 9.63. The smallest absolute Gasteiger partial charge is 0.406 e. The molecular weight excluding hydrogens is 820 g/mol. The van der Waals surface area contributed by atoms with Gasteiger partial charge < -0.3 is 57.7 Å². The zero-order chi connectivity index (χ0) is 41.0. The molecule has 4 aromatic heterocycles. The minimum absolute atomic E-state index is 0.0517. The molecule has 58 heavy (non-hydrogen) atoms. The van der Waals surface area contributed by atoms with Crippen LogP contribution in [0.1, 0.15) is 40.5 Å². The standard InChI is InChI=1S/C20H28B2O6S2.C18H24B2O6S2/c1-3-19(9-23)11-25-21(26-12-19)17-7-5-15(29-17)16-6-8-18(30-16)22-27-13-20(4-2,10-24)14-28-22;1-17(7-21)9-23-19(24-10-17)15-5-3-13(27-15)14-4-6-16(28-14)20-25-11-18(2,8-22)12-26-20/h5-8,23-24H,3-4,9-14H2,1-2H3;3-6,21-22H,7-12H2,1-2H3. The van der Waals surface area contributed by atoms with Crippen LogP contribution in [0.3, 0.4) is 0 Å². The Bertz CT molecular complexity index is 1740. The van der Waals surface area contributed by atoms with Gasteiger partial charge in [-0.1, -0.05) is 52.0 Å². The molecule has 0 amide bonds. The lowest BCUT2D eigenvalue weighted by molar-refractivity contribution is -0.0291. The minimum Gasteiger partial charge on any atom is -0.406 e. The lowest BCUT2D eigenvalue weighted by atomic mass is 9.79. The number of hydrogen-bond donors (Lipinski definition) is 4. The molecule has 4 aromatic rings. The second-order valence-electron chi connectivity index (χ2n) is 16.6. The van der Waals surface area contributed by atoms with E-state index < -0.39 is 0 Å². The Labute approximate surface area is 358 Å². The molecule has 0 aromatic carbocycles. The minimum atomic E-state index is -0.376. The van der Waals surface area contributed by atoms with Gasteiger partial charge in [-0.2, -0.15) is 0 Å². The molecule has 8 heterocycles. The molecule has 4 N–H and O–H groups in total.